The molecule has 2 fully saturated rings. The monoisotopic (exact) mass is 377 g/mol. The lowest BCUT2D eigenvalue weighted by Crippen LogP contribution is -2.35. The fourth-order valence-corrected chi connectivity index (χ4v) is 7.09. The number of amides is 1. The largest absolute Gasteiger partial charge is 0.467 e. The Labute approximate surface area is 153 Å². The highest BCUT2D eigenvalue weighted by atomic mass is 32.1. The van der Waals surface area contributed by atoms with Gasteiger partial charge in [0.25, 0.3) is 11.1 Å². The second-order valence-corrected chi connectivity index (χ2v) is 14.6. The van der Waals surface area contributed by atoms with E-state index in [0.717, 1.165) is 36.0 Å². The number of nitrogens with one attached hydrogen (secondary N) is 2. The highest BCUT2D eigenvalue weighted by Crippen LogP contribution is 2.32. The van der Waals surface area contributed by atoms with Crippen molar-refractivity contribution in [3.8, 4) is 5.19 Å². The standard InChI is InChI=1S/C18H27N3O2SSi/c1-25(2)9-4-5-12(8-10-25)19-17(22)14-11-15-16(20-14)21-18(24-15)23-13-6-3-7-13/h11-13,20H,3-10H2,1-2H3,(H,19,22). The first kappa shape index (κ1) is 17.1. The number of aromatic amines is 1. The smallest absolute Gasteiger partial charge is 0.276 e. The summed E-state index contributed by atoms with van der Waals surface area (Å²) in [5.74, 6) is -0.00182. The first-order chi connectivity index (χ1) is 12.0. The molecule has 2 aromatic rings. The molecule has 1 atom stereocenters. The minimum atomic E-state index is -1.03. The molecule has 1 aliphatic carbocycles. The van der Waals surface area contributed by atoms with Crippen LogP contribution in [0.25, 0.3) is 10.3 Å². The van der Waals surface area contributed by atoms with E-state index < -0.39 is 8.07 Å². The van der Waals surface area contributed by atoms with Crippen LogP contribution in [0.2, 0.25) is 25.2 Å². The van der Waals surface area contributed by atoms with E-state index >= 15 is 0 Å². The summed E-state index contributed by atoms with van der Waals surface area (Å²) in [5, 5.41) is 3.94. The maximum absolute atomic E-state index is 12.6. The van der Waals surface area contributed by atoms with E-state index in [4.69, 9.17) is 4.74 Å². The molecular weight excluding hydrogens is 350 g/mol. The van der Waals surface area contributed by atoms with Crippen molar-refractivity contribution < 1.29 is 9.53 Å². The van der Waals surface area contributed by atoms with E-state index in [9.17, 15) is 4.79 Å². The first-order valence-electron chi connectivity index (χ1n) is 9.46. The van der Waals surface area contributed by atoms with Gasteiger partial charge in [0.1, 0.15) is 11.8 Å². The van der Waals surface area contributed by atoms with Crippen LogP contribution in [0, 0.1) is 0 Å². The second kappa shape index (κ2) is 6.76. The van der Waals surface area contributed by atoms with Crippen molar-refractivity contribution >= 4 is 35.7 Å². The van der Waals surface area contributed by atoms with Crippen LogP contribution in [-0.4, -0.2) is 36.1 Å². The molecule has 4 rings (SSSR count). The molecule has 7 heteroatoms. The highest BCUT2D eigenvalue weighted by Gasteiger charge is 2.27. The molecule has 2 N–H and O–H groups in total. The minimum Gasteiger partial charge on any atom is -0.467 e. The third-order valence-corrected chi connectivity index (χ3v) is 9.88. The summed E-state index contributed by atoms with van der Waals surface area (Å²) in [4.78, 5) is 20.2. The number of carbonyl (C=O) groups is 1. The van der Waals surface area contributed by atoms with Crippen molar-refractivity contribution in [2.75, 3.05) is 0 Å². The van der Waals surface area contributed by atoms with E-state index in [0.29, 0.717) is 23.0 Å². The van der Waals surface area contributed by atoms with E-state index in [2.05, 4.69) is 28.4 Å². The van der Waals surface area contributed by atoms with Gasteiger partial charge >= 0.3 is 0 Å². The molecule has 1 aliphatic heterocycles. The molecule has 136 valence electrons. The van der Waals surface area contributed by atoms with Crippen molar-refractivity contribution in [1.29, 1.82) is 0 Å². The van der Waals surface area contributed by atoms with Crippen LogP contribution in [0.3, 0.4) is 0 Å². The van der Waals surface area contributed by atoms with E-state index in [1.807, 2.05) is 6.07 Å². The molecule has 1 saturated heterocycles. The van der Waals surface area contributed by atoms with Crippen LogP contribution in [0.15, 0.2) is 6.07 Å². The zero-order chi connectivity index (χ0) is 17.4. The average Bonchev–Trinajstić information content (AvgIpc) is 3.01. The highest BCUT2D eigenvalue weighted by molar-refractivity contribution is 7.20. The Kier molecular flexibility index (Phi) is 4.62. The van der Waals surface area contributed by atoms with Gasteiger partial charge < -0.3 is 15.0 Å². The van der Waals surface area contributed by atoms with Gasteiger partial charge in [-0.2, -0.15) is 4.98 Å². The second-order valence-electron chi connectivity index (χ2n) is 8.31. The third kappa shape index (κ3) is 3.92. The number of ether oxygens (including phenoxy) is 1. The number of nitrogens with zero attached hydrogens (tertiary/aromatic N) is 1. The number of aromatic nitrogens is 2. The number of hydrogen-bond acceptors (Lipinski definition) is 4. The zero-order valence-corrected chi connectivity index (χ0v) is 16.9. The molecule has 2 aliphatic rings. The molecule has 0 bridgehead atoms. The maximum atomic E-state index is 12.6. The van der Waals surface area contributed by atoms with Crippen LogP contribution in [0.4, 0.5) is 0 Å². The van der Waals surface area contributed by atoms with Crippen LogP contribution in [0.5, 0.6) is 5.19 Å². The Hall–Kier alpha value is -1.34. The van der Waals surface area contributed by atoms with Gasteiger partial charge in [0.15, 0.2) is 5.65 Å². The normalized spacial score (nSPS) is 23.8. The Morgan fingerprint density at radius 1 is 1.28 bits per heavy atom. The molecule has 0 spiro atoms. The summed E-state index contributed by atoms with van der Waals surface area (Å²) >= 11 is 1.52. The fourth-order valence-electron chi connectivity index (χ4n) is 3.67. The lowest BCUT2D eigenvalue weighted by Gasteiger charge is -2.24. The molecule has 1 amide bonds. The lowest BCUT2D eigenvalue weighted by atomic mass is 9.96. The molecule has 1 saturated carbocycles. The molecule has 1 unspecified atom stereocenters. The molecule has 5 nitrogen and oxygen atoms in total. The van der Waals surface area contributed by atoms with Gasteiger partial charge in [-0.05, 0) is 38.2 Å². The Morgan fingerprint density at radius 3 is 2.84 bits per heavy atom. The lowest BCUT2D eigenvalue weighted by molar-refractivity contribution is 0.0929. The molecule has 0 aromatic carbocycles. The average molecular weight is 378 g/mol. The number of H-pyrrole nitrogens is 1. The molecule has 3 heterocycles. The number of rotatable bonds is 4. The van der Waals surface area contributed by atoms with Crippen molar-refractivity contribution in [3.63, 3.8) is 0 Å². The van der Waals surface area contributed by atoms with Gasteiger partial charge in [0.2, 0.25) is 0 Å². The summed E-state index contributed by atoms with van der Waals surface area (Å²) in [6.07, 6.45) is 7.31. The van der Waals surface area contributed by atoms with Crippen molar-refractivity contribution in [1.82, 2.24) is 15.3 Å². The summed E-state index contributed by atoms with van der Waals surface area (Å²) < 4.78 is 6.83. The van der Waals surface area contributed by atoms with E-state index in [-0.39, 0.29) is 5.91 Å². The summed E-state index contributed by atoms with van der Waals surface area (Å²) in [6, 6.07) is 4.91. The first-order valence-corrected chi connectivity index (χ1v) is 13.7. The van der Waals surface area contributed by atoms with E-state index in [1.54, 1.807) is 0 Å². The maximum Gasteiger partial charge on any atom is 0.276 e. The van der Waals surface area contributed by atoms with Crippen LogP contribution < -0.4 is 10.1 Å². The summed E-state index contributed by atoms with van der Waals surface area (Å²) in [7, 11) is -1.03. The van der Waals surface area contributed by atoms with Crippen molar-refractivity contribution in [2.45, 2.75) is 75.9 Å². The summed E-state index contributed by atoms with van der Waals surface area (Å²) in [5.41, 5.74) is 1.38. The Bertz CT molecular complexity index is 734. The van der Waals surface area contributed by atoms with E-state index in [1.165, 1.54) is 36.3 Å². The molecule has 0 radical (unpaired) electrons. The number of fused-ring (bicyclic) bond motifs is 1. The van der Waals surface area contributed by atoms with Crippen LogP contribution in [0.1, 0.15) is 49.0 Å². The molecule has 2 aromatic heterocycles. The van der Waals surface area contributed by atoms with Gasteiger partial charge in [-0.3, -0.25) is 4.79 Å². The predicted octanol–water partition coefficient (Wildman–Crippen LogP) is 4.55. The number of carbonyl (C=O) groups excluding carboxylic acids is 1. The topological polar surface area (TPSA) is 67.0 Å². The van der Waals surface area contributed by atoms with Crippen LogP contribution >= 0.6 is 11.3 Å². The molecule has 25 heavy (non-hydrogen) atoms. The van der Waals surface area contributed by atoms with Gasteiger partial charge in [0, 0.05) is 14.1 Å². The van der Waals surface area contributed by atoms with Gasteiger partial charge in [-0.15, -0.1) is 0 Å². The van der Waals surface area contributed by atoms with Crippen molar-refractivity contribution in [3.05, 3.63) is 11.8 Å². The van der Waals surface area contributed by atoms with Crippen molar-refractivity contribution in [2.24, 2.45) is 0 Å². The third-order valence-electron chi connectivity index (χ3n) is 5.64. The van der Waals surface area contributed by atoms with Gasteiger partial charge in [-0.25, -0.2) is 0 Å². The van der Waals surface area contributed by atoms with Gasteiger partial charge in [-0.1, -0.05) is 42.9 Å². The Morgan fingerprint density at radius 2 is 2.12 bits per heavy atom. The van der Waals surface area contributed by atoms with Crippen LogP contribution in [-0.2, 0) is 0 Å². The van der Waals surface area contributed by atoms with Gasteiger partial charge in [0.05, 0.1) is 4.70 Å². The molecular formula is C18H27N3O2SSi. The SMILES string of the molecule is C[Si]1(C)CCCC(NC(=O)c2cc3sc(OC4CCC4)nc3[nH]2)CC1. The quantitative estimate of drug-likeness (QED) is 0.768. The zero-order valence-electron chi connectivity index (χ0n) is 15.1. The minimum absolute atomic E-state index is 0.00182. The number of thiazole rings is 1. The summed E-state index contributed by atoms with van der Waals surface area (Å²) in [6.45, 7) is 4.93. The fraction of sp³-hybridized carbons (Fsp3) is 0.667. The Balaban J connectivity index is 1.39. The predicted molar refractivity (Wildman–Crippen MR) is 104 cm³/mol. The number of hydrogen-bond donors (Lipinski definition) is 2.